The Morgan fingerprint density at radius 3 is 1.47 bits per heavy atom. The van der Waals surface area contributed by atoms with Gasteiger partial charge in [-0.15, -0.1) is 0 Å². The van der Waals surface area contributed by atoms with Gasteiger partial charge in [0.25, 0.3) is 0 Å². The first kappa shape index (κ1) is 30.0. The van der Waals surface area contributed by atoms with E-state index < -0.39 is 40.5 Å². The molecule has 0 N–H and O–H groups in total. The summed E-state index contributed by atoms with van der Waals surface area (Å²) >= 11 is 0. The van der Waals surface area contributed by atoms with Gasteiger partial charge < -0.3 is 18.9 Å². The van der Waals surface area contributed by atoms with E-state index in [0.717, 1.165) is 18.4 Å². The van der Waals surface area contributed by atoms with Crippen LogP contribution in [0.5, 0.6) is 0 Å². The largest absolute Gasteiger partial charge is 0.465 e. The fourth-order valence-electron chi connectivity index (χ4n) is 5.80. The van der Waals surface area contributed by atoms with E-state index in [1.54, 1.807) is 43.3 Å². The third-order valence-corrected chi connectivity index (χ3v) is 8.82. The van der Waals surface area contributed by atoms with Crippen molar-refractivity contribution in [2.75, 3.05) is 14.2 Å². The predicted octanol–water partition coefficient (Wildman–Crippen LogP) is 6.05. The zero-order valence-electron chi connectivity index (χ0n) is 24.7. The van der Waals surface area contributed by atoms with Crippen molar-refractivity contribution in [1.29, 1.82) is 0 Å². The number of carbonyl (C=O) groups excluding carboxylic acids is 4. The molecule has 2 aliphatic rings. The molecule has 0 bridgehead atoms. The van der Waals surface area contributed by atoms with Crippen LogP contribution >= 0.6 is 0 Å². The summed E-state index contributed by atoms with van der Waals surface area (Å²) in [7, 11) is 2.63. The second-order valence-corrected chi connectivity index (χ2v) is 11.6. The van der Waals surface area contributed by atoms with Crippen LogP contribution in [0.1, 0.15) is 82.9 Å². The molecule has 0 unspecified atom stereocenters. The lowest BCUT2D eigenvalue weighted by molar-refractivity contribution is -0.201. The number of carbonyl (C=O) groups is 4. The van der Waals surface area contributed by atoms with E-state index >= 15 is 0 Å². The highest BCUT2D eigenvalue weighted by atomic mass is 16.6. The van der Waals surface area contributed by atoms with Crippen LogP contribution in [-0.4, -0.2) is 38.1 Å². The zero-order chi connectivity index (χ0) is 30.7. The molecule has 0 aliphatic heterocycles. The second-order valence-electron chi connectivity index (χ2n) is 11.6. The third kappa shape index (κ3) is 5.78. The van der Waals surface area contributed by atoms with Gasteiger partial charge in [0.15, 0.2) is 5.41 Å². The highest BCUT2D eigenvalue weighted by Gasteiger charge is 2.54. The Hall–Kier alpha value is -4.46. The van der Waals surface area contributed by atoms with Crippen LogP contribution in [0.3, 0.4) is 0 Å². The normalized spacial score (nSPS) is 16.5. The summed E-state index contributed by atoms with van der Waals surface area (Å²) in [6, 6.07) is 23.1. The summed E-state index contributed by atoms with van der Waals surface area (Å²) in [5.41, 5.74) is -0.757. The summed E-state index contributed by atoms with van der Waals surface area (Å²) < 4.78 is 22.3. The highest BCUT2D eigenvalue weighted by Crippen LogP contribution is 2.49. The smallest absolute Gasteiger partial charge is 0.337 e. The molecule has 3 aromatic carbocycles. The molecule has 0 radical (unpaired) electrons. The summed E-state index contributed by atoms with van der Waals surface area (Å²) in [5.74, 6) is -2.35. The van der Waals surface area contributed by atoms with Crippen LogP contribution in [0.2, 0.25) is 0 Å². The fraction of sp³-hybridized carbons (Fsp3) is 0.371. The topological polar surface area (TPSA) is 105 Å². The Balaban J connectivity index is 1.47. The van der Waals surface area contributed by atoms with Gasteiger partial charge in [-0.1, -0.05) is 54.6 Å². The van der Waals surface area contributed by atoms with Crippen molar-refractivity contribution in [3.63, 3.8) is 0 Å². The van der Waals surface area contributed by atoms with Crippen LogP contribution in [-0.2, 0) is 46.2 Å². The molecule has 0 spiro atoms. The van der Waals surface area contributed by atoms with Crippen molar-refractivity contribution in [2.24, 2.45) is 5.41 Å². The van der Waals surface area contributed by atoms with Crippen LogP contribution in [0.15, 0.2) is 78.9 Å². The van der Waals surface area contributed by atoms with Crippen molar-refractivity contribution in [2.45, 2.75) is 63.1 Å². The Morgan fingerprint density at radius 2 is 1.09 bits per heavy atom. The van der Waals surface area contributed by atoms with Crippen molar-refractivity contribution in [3.05, 3.63) is 107 Å². The van der Waals surface area contributed by atoms with E-state index in [1.807, 2.05) is 42.5 Å². The van der Waals surface area contributed by atoms with E-state index in [0.29, 0.717) is 47.9 Å². The van der Waals surface area contributed by atoms with Gasteiger partial charge in [0.1, 0.15) is 11.2 Å². The van der Waals surface area contributed by atoms with Crippen molar-refractivity contribution >= 4 is 23.9 Å². The van der Waals surface area contributed by atoms with E-state index in [9.17, 15) is 19.2 Å². The first-order valence-corrected chi connectivity index (χ1v) is 14.5. The number of hydrogen-bond acceptors (Lipinski definition) is 8. The van der Waals surface area contributed by atoms with Crippen LogP contribution < -0.4 is 0 Å². The first-order valence-electron chi connectivity index (χ1n) is 14.5. The molecule has 5 rings (SSSR count). The molecule has 2 aliphatic carbocycles. The molecule has 0 aromatic heterocycles. The second kappa shape index (κ2) is 12.0. The monoisotopic (exact) mass is 584 g/mol. The maximum Gasteiger partial charge on any atom is 0.337 e. The fourth-order valence-corrected chi connectivity index (χ4v) is 5.80. The summed E-state index contributed by atoms with van der Waals surface area (Å²) in [6.45, 7) is 1.57. The summed E-state index contributed by atoms with van der Waals surface area (Å²) in [4.78, 5) is 52.8. The Labute approximate surface area is 251 Å². The van der Waals surface area contributed by atoms with E-state index in [2.05, 4.69) is 0 Å². The molecule has 3 aromatic rings. The molecule has 2 saturated carbocycles. The van der Waals surface area contributed by atoms with Crippen LogP contribution in [0.25, 0.3) is 0 Å². The Morgan fingerprint density at radius 1 is 0.651 bits per heavy atom. The molecule has 8 nitrogen and oxygen atoms in total. The zero-order valence-corrected chi connectivity index (χ0v) is 24.7. The maximum absolute atomic E-state index is 14.2. The summed E-state index contributed by atoms with van der Waals surface area (Å²) in [5, 5.41) is 0. The van der Waals surface area contributed by atoms with Gasteiger partial charge >= 0.3 is 23.9 Å². The molecule has 43 heavy (non-hydrogen) atoms. The minimum absolute atomic E-state index is 0.0715. The lowest BCUT2D eigenvalue weighted by atomic mass is 9.73. The van der Waals surface area contributed by atoms with Gasteiger partial charge in [0.05, 0.1) is 25.3 Å². The molecular formula is C35H36O8. The first-order chi connectivity index (χ1) is 20.6. The minimum atomic E-state index is -1.67. The molecule has 224 valence electrons. The molecule has 8 heteroatoms. The lowest BCUT2D eigenvalue weighted by Gasteiger charge is -2.45. The molecule has 2 fully saturated rings. The number of benzene rings is 3. The van der Waals surface area contributed by atoms with Gasteiger partial charge in [-0.3, -0.25) is 9.59 Å². The van der Waals surface area contributed by atoms with Crippen LogP contribution in [0, 0.1) is 5.41 Å². The minimum Gasteiger partial charge on any atom is -0.465 e. The van der Waals surface area contributed by atoms with Crippen molar-refractivity contribution in [3.8, 4) is 0 Å². The Kier molecular flexibility index (Phi) is 8.40. The van der Waals surface area contributed by atoms with Gasteiger partial charge in [-0.2, -0.15) is 0 Å². The number of ether oxygens (including phenoxy) is 4. The molecule has 0 saturated heterocycles. The molecule has 0 amide bonds. The van der Waals surface area contributed by atoms with E-state index in [4.69, 9.17) is 18.9 Å². The highest BCUT2D eigenvalue weighted by molar-refractivity contribution is 6.00. The number of esters is 4. The lowest BCUT2D eigenvalue weighted by Crippen LogP contribution is -2.50. The summed E-state index contributed by atoms with van der Waals surface area (Å²) in [6.07, 6.45) is 3.97. The van der Waals surface area contributed by atoms with Gasteiger partial charge in [0, 0.05) is 0 Å². The Bertz CT molecular complexity index is 1430. The van der Waals surface area contributed by atoms with Crippen molar-refractivity contribution in [1.82, 2.24) is 0 Å². The van der Waals surface area contributed by atoms with E-state index in [-0.39, 0.29) is 6.42 Å². The molecule has 0 atom stereocenters. The third-order valence-electron chi connectivity index (χ3n) is 8.82. The predicted molar refractivity (Wildman–Crippen MR) is 157 cm³/mol. The van der Waals surface area contributed by atoms with Crippen molar-refractivity contribution < 1.29 is 38.1 Å². The van der Waals surface area contributed by atoms with E-state index in [1.165, 1.54) is 14.2 Å². The molecular weight excluding hydrogens is 548 g/mol. The van der Waals surface area contributed by atoms with Gasteiger partial charge in [-0.25, -0.2) is 9.59 Å². The number of methoxy groups -OCH3 is 2. The standard InChI is InChI=1S/C35H36O8/c1-33(23-24-11-5-4-6-12-24,31(38)42-34(17-9-18-34)27-15-7-13-25(21-27)29(36)40-2)32(39)43-35(19-10-20-35)28-16-8-14-26(22-28)30(37)41-3/h4-8,11-16,21-22H,9-10,17-20,23H2,1-3H3. The quantitative estimate of drug-likeness (QED) is 0.161. The molecule has 0 heterocycles. The average Bonchev–Trinajstić information content (AvgIpc) is 3.00. The van der Waals surface area contributed by atoms with Gasteiger partial charge in [-0.05, 0) is 92.8 Å². The maximum atomic E-state index is 14.2. The number of rotatable bonds is 10. The SMILES string of the molecule is COC(=O)c1cccc(C2(OC(=O)C(C)(Cc3ccccc3)C(=O)OC3(c4cccc(C(=O)OC)c4)CCC3)CCC2)c1. The van der Waals surface area contributed by atoms with Crippen LogP contribution in [0.4, 0.5) is 0 Å². The van der Waals surface area contributed by atoms with Gasteiger partial charge in [0.2, 0.25) is 0 Å². The average molecular weight is 585 g/mol. The number of hydrogen-bond donors (Lipinski definition) is 0.